The van der Waals surface area contributed by atoms with Crippen molar-refractivity contribution >= 4 is 60.5 Å². The summed E-state index contributed by atoms with van der Waals surface area (Å²) in [6, 6.07) is 58.5. The Kier molecular flexibility index (Phi) is 6.22. The summed E-state index contributed by atoms with van der Waals surface area (Å²) in [6.45, 7) is 0. The fourth-order valence-electron chi connectivity index (χ4n) is 7.54. The van der Waals surface area contributed by atoms with Crippen molar-refractivity contribution in [2.75, 3.05) is 4.90 Å². The van der Waals surface area contributed by atoms with Gasteiger partial charge in [-0.15, -0.1) is 0 Å². The van der Waals surface area contributed by atoms with Gasteiger partial charge < -0.3 is 9.32 Å². The molecule has 0 saturated heterocycles. The smallest absolute Gasteiger partial charge is 0.143 e. The minimum atomic E-state index is -0.299. The van der Waals surface area contributed by atoms with Gasteiger partial charge in [-0.1, -0.05) is 158 Å². The molecule has 0 amide bonds. The molecule has 10 rings (SSSR count). The summed E-state index contributed by atoms with van der Waals surface area (Å²) in [5.41, 5.74) is 8.78. The average molecular weight is 668 g/mol. The van der Waals surface area contributed by atoms with E-state index in [0.717, 1.165) is 55.2 Å². The highest BCUT2D eigenvalue weighted by Crippen LogP contribution is 2.47. The van der Waals surface area contributed by atoms with E-state index in [-0.39, 0.29) is 24.2 Å². The van der Waals surface area contributed by atoms with Crippen LogP contribution in [-0.2, 0) is 0 Å². The molecule has 0 aliphatic rings. The molecule has 1 heterocycles. The third kappa shape index (κ3) is 5.04. The topological polar surface area (TPSA) is 16.4 Å². The lowest BCUT2D eigenvalue weighted by atomic mass is 9.95. The Bertz CT molecular complexity index is 3130. The maximum Gasteiger partial charge on any atom is 0.143 e. The second-order valence-electron chi connectivity index (χ2n) is 13.0. The van der Waals surface area contributed by atoms with Crippen molar-refractivity contribution in [1.82, 2.24) is 0 Å². The first-order valence-electron chi connectivity index (χ1n) is 19.4. The number of nitrogens with zero attached hydrogens (tertiary/aromatic N) is 1. The summed E-state index contributed by atoms with van der Waals surface area (Å²) in [5.74, 6) is 0. The first-order chi connectivity index (χ1) is 27.5. The Balaban J connectivity index is 1.20. The molecule has 0 aliphatic heterocycles. The Morgan fingerprint density at radius 2 is 1.10 bits per heavy atom. The van der Waals surface area contributed by atoms with Crippen LogP contribution in [0.1, 0.15) is 5.48 Å². The summed E-state index contributed by atoms with van der Waals surface area (Å²) < 4.78 is 43.0. The number of fused-ring (bicyclic) bond motifs is 6. The minimum absolute atomic E-state index is 0.103. The van der Waals surface area contributed by atoms with Crippen molar-refractivity contribution in [2.24, 2.45) is 0 Å². The van der Waals surface area contributed by atoms with E-state index < -0.39 is 0 Å². The molecule has 1 aromatic heterocycles. The number of hydrogen-bond acceptors (Lipinski definition) is 2. The number of para-hydroxylation sites is 1. The molecule has 9 aromatic carbocycles. The Morgan fingerprint density at radius 3 is 1.96 bits per heavy atom. The molecular formula is C50H33NO. The lowest BCUT2D eigenvalue weighted by molar-refractivity contribution is 0.672. The standard InChI is InChI=1S/C50H33NO/c1-2-13-36(14-3-1)43-21-8-9-24-46(43)51(47-25-12-26-48-49(47)45-32-29-37-16-5-7-22-44(37)50(45)52-48)40-30-27-34(28-31-40)38-18-10-19-39(33-38)42-23-11-17-35-15-4-6-20-41(35)42/h1-33H/i8D,9D,21D,24D. The highest BCUT2D eigenvalue weighted by molar-refractivity contribution is 6.19. The lowest BCUT2D eigenvalue weighted by Gasteiger charge is -2.28. The van der Waals surface area contributed by atoms with Gasteiger partial charge in [0.15, 0.2) is 0 Å². The zero-order valence-electron chi connectivity index (χ0n) is 32.1. The van der Waals surface area contributed by atoms with E-state index in [1.165, 1.54) is 16.3 Å². The highest BCUT2D eigenvalue weighted by Gasteiger charge is 2.22. The highest BCUT2D eigenvalue weighted by atomic mass is 16.3. The van der Waals surface area contributed by atoms with Gasteiger partial charge in [-0.25, -0.2) is 0 Å². The molecule has 0 N–H and O–H groups in total. The van der Waals surface area contributed by atoms with Crippen molar-refractivity contribution in [3.63, 3.8) is 0 Å². The predicted molar refractivity (Wildman–Crippen MR) is 220 cm³/mol. The van der Waals surface area contributed by atoms with Gasteiger partial charge in [-0.3, -0.25) is 0 Å². The SMILES string of the molecule is [2H]c1c([2H])c([2H])c(N(c2ccc(-c3cccc(-c4cccc5ccccc45)c3)cc2)c2cccc3oc4c5ccccc5ccc4c23)c(-c2ccccc2)c1[2H]. The van der Waals surface area contributed by atoms with E-state index in [0.29, 0.717) is 22.4 Å². The van der Waals surface area contributed by atoms with Gasteiger partial charge in [0.2, 0.25) is 0 Å². The van der Waals surface area contributed by atoms with E-state index in [9.17, 15) is 2.74 Å². The van der Waals surface area contributed by atoms with Crippen LogP contribution in [0.5, 0.6) is 0 Å². The van der Waals surface area contributed by atoms with Crippen LogP contribution in [0.2, 0.25) is 0 Å². The van der Waals surface area contributed by atoms with Gasteiger partial charge >= 0.3 is 0 Å². The summed E-state index contributed by atoms with van der Waals surface area (Å²) in [6.07, 6.45) is 0. The molecule has 10 aromatic rings. The third-order valence-corrected chi connectivity index (χ3v) is 9.98. The molecular weight excluding hydrogens is 631 g/mol. The van der Waals surface area contributed by atoms with Gasteiger partial charge in [0.1, 0.15) is 11.2 Å². The van der Waals surface area contributed by atoms with Crippen molar-refractivity contribution < 1.29 is 9.90 Å². The van der Waals surface area contributed by atoms with Gasteiger partial charge in [0, 0.05) is 22.0 Å². The largest absolute Gasteiger partial charge is 0.455 e. The second kappa shape index (κ2) is 12.5. The summed E-state index contributed by atoms with van der Waals surface area (Å²) in [7, 11) is 0. The molecule has 0 aliphatic carbocycles. The molecule has 2 heteroatoms. The quantitative estimate of drug-likeness (QED) is 0.175. The third-order valence-electron chi connectivity index (χ3n) is 9.98. The molecule has 0 fully saturated rings. The molecule has 244 valence electrons. The van der Waals surface area contributed by atoms with Crippen LogP contribution in [0.15, 0.2) is 205 Å². The average Bonchev–Trinajstić information content (AvgIpc) is 3.65. The fourth-order valence-corrected chi connectivity index (χ4v) is 7.54. The molecule has 0 radical (unpaired) electrons. The Morgan fingerprint density at radius 1 is 0.423 bits per heavy atom. The van der Waals surface area contributed by atoms with Crippen molar-refractivity contribution in [1.29, 1.82) is 0 Å². The summed E-state index contributed by atoms with van der Waals surface area (Å²) >= 11 is 0. The number of anilines is 3. The van der Waals surface area contributed by atoms with E-state index in [1.807, 2.05) is 77.7 Å². The maximum absolute atomic E-state index is 9.48. The van der Waals surface area contributed by atoms with Crippen molar-refractivity contribution in [2.45, 2.75) is 0 Å². The molecule has 0 saturated carbocycles. The Hall–Kier alpha value is -6.90. The number of rotatable bonds is 6. The number of furan rings is 1. The molecule has 0 bridgehead atoms. The molecule has 52 heavy (non-hydrogen) atoms. The molecule has 0 spiro atoms. The predicted octanol–water partition coefficient (Wildman–Crippen LogP) is 14.4. The normalized spacial score (nSPS) is 12.5. The number of hydrogen-bond donors (Lipinski definition) is 0. The summed E-state index contributed by atoms with van der Waals surface area (Å²) in [4.78, 5) is 1.98. The van der Waals surface area contributed by atoms with Gasteiger partial charge in [-0.2, -0.15) is 0 Å². The van der Waals surface area contributed by atoms with Crippen molar-refractivity contribution in [3.8, 4) is 33.4 Å². The van der Waals surface area contributed by atoms with Gasteiger partial charge in [-0.05, 0) is 86.4 Å². The maximum atomic E-state index is 9.48. The van der Waals surface area contributed by atoms with Crippen LogP contribution >= 0.6 is 0 Å². The summed E-state index contributed by atoms with van der Waals surface area (Å²) in [5, 5.41) is 6.24. The minimum Gasteiger partial charge on any atom is -0.455 e. The molecule has 0 unspecified atom stereocenters. The monoisotopic (exact) mass is 667 g/mol. The van der Waals surface area contributed by atoms with E-state index >= 15 is 0 Å². The van der Waals surface area contributed by atoms with Gasteiger partial charge in [0.05, 0.1) is 22.2 Å². The van der Waals surface area contributed by atoms with Crippen LogP contribution in [0, 0.1) is 0 Å². The second-order valence-corrected chi connectivity index (χ2v) is 13.0. The fraction of sp³-hybridized carbons (Fsp3) is 0. The van der Waals surface area contributed by atoms with Crippen LogP contribution < -0.4 is 4.90 Å². The van der Waals surface area contributed by atoms with Crippen LogP contribution in [0.4, 0.5) is 17.1 Å². The van der Waals surface area contributed by atoms with Gasteiger partial charge in [0.25, 0.3) is 0 Å². The zero-order valence-corrected chi connectivity index (χ0v) is 28.1. The van der Waals surface area contributed by atoms with E-state index in [2.05, 4.69) is 103 Å². The van der Waals surface area contributed by atoms with Crippen LogP contribution in [-0.4, -0.2) is 0 Å². The van der Waals surface area contributed by atoms with Crippen LogP contribution in [0.25, 0.3) is 76.9 Å². The zero-order chi connectivity index (χ0) is 37.9. The van der Waals surface area contributed by atoms with E-state index in [1.54, 1.807) is 0 Å². The Labute approximate surface area is 308 Å². The first kappa shape index (κ1) is 26.0. The molecule has 0 atom stereocenters. The van der Waals surface area contributed by atoms with Crippen LogP contribution in [0.3, 0.4) is 0 Å². The van der Waals surface area contributed by atoms with E-state index in [4.69, 9.17) is 7.16 Å². The van der Waals surface area contributed by atoms with Crippen molar-refractivity contribution in [3.05, 3.63) is 200 Å². The number of benzene rings is 9. The molecule has 2 nitrogen and oxygen atoms in total. The first-order valence-corrected chi connectivity index (χ1v) is 17.4. The lowest BCUT2D eigenvalue weighted by Crippen LogP contribution is -2.11.